The van der Waals surface area contributed by atoms with Gasteiger partial charge in [0.1, 0.15) is 6.61 Å². The van der Waals surface area contributed by atoms with Crippen molar-refractivity contribution in [1.82, 2.24) is 0 Å². The number of amides is 1. The highest BCUT2D eigenvalue weighted by Gasteiger charge is 2.05. The monoisotopic (exact) mass is 282 g/mol. The lowest BCUT2D eigenvalue weighted by molar-refractivity contribution is -0.117. The van der Waals surface area contributed by atoms with E-state index in [1.54, 1.807) is 24.3 Å². The van der Waals surface area contributed by atoms with Gasteiger partial charge in [0.15, 0.2) is 0 Å². The van der Waals surface area contributed by atoms with Crippen LogP contribution in [0.15, 0.2) is 24.3 Å². The second-order valence-corrected chi connectivity index (χ2v) is 3.85. The molecule has 0 aliphatic carbocycles. The van der Waals surface area contributed by atoms with Crippen LogP contribution in [0.3, 0.4) is 0 Å². The second-order valence-electron chi connectivity index (χ2n) is 3.85. The number of carbonyl (C=O) groups is 1. The number of rotatable bonds is 6. The topological polar surface area (TPSA) is 64.3 Å². The highest BCUT2D eigenvalue weighted by molar-refractivity contribution is 5.90. The number of benzene rings is 1. The fourth-order valence-corrected chi connectivity index (χ4v) is 1.39. The van der Waals surface area contributed by atoms with Crippen molar-refractivity contribution < 1.29 is 18.3 Å². The van der Waals surface area contributed by atoms with Crippen LogP contribution in [0.4, 0.5) is 14.5 Å². The molecule has 0 unspecified atom stereocenters. The number of anilines is 1. The normalized spacial score (nSPS) is 10.0. The predicted molar refractivity (Wildman–Crippen MR) is 72.4 cm³/mol. The minimum Gasteiger partial charge on any atom is -0.375 e. The van der Waals surface area contributed by atoms with Crippen LogP contribution in [0.2, 0.25) is 0 Å². The Labute approximate surface area is 116 Å². The van der Waals surface area contributed by atoms with E-state index in [1.807, 2.05) is 0 Å². The molecule has 4 nitrogen and oxygen atoms in total. The molecule has 0 saturated heterocycles. The molecule has 1 rings (SSSR count). The Balaban J connectivity index is 2.41. The standard InChI is InChI=1S/C14H16F2N2O2/c15-13(16)10-20-8-6-14(19)18-12-5-1-3-11(9-12)4-2-7-17/h1,3,5,9,13H,6-8,10,17H2,(H,18,19). The van der Waals surface area contributed by atoms with E-state index in [2.05, 4.69) is 21.9 Å². The van der Waals surface area contributed by atoms with Gasteiger partial charge >= 0.3 is 0 Å². The number of hydrogen-bond acceptors (Lipinski definition) is 3. The first kappa shape index (κ1) is 16.1. The quantitative estimate of drug-likeness (QED) is 0.615. The molecule has 6 heteroatoms. The van der Waals surface area contributed by atoms with E-state index in [-0.39, 0.29) is 25.5 Å². The number of carbonyl (C=O) groups excluding carboxylic acids is 1. The molecular formula is C14H16F2N2O2. The summed E-state index contributed by atoms with van der Waals surface area (Å²) in [4.78, 5) is 11.5. The molecule has 1 aromatic carbocycles. The zero-order chi connectivity index (χ0) is 14.8. The third kappa shape index (κ3) is 6.83. The van der Waals surface area contributed by atoms with Gasteiger partial charge in [-0.3, -0.25) is 4.79 Å². The lowest BCUT2D eigenvalue weighted by Gasteiger charge is -2.06. The SMILES string of the molecule is NCC#Cc1cccc(NC(=O)CCOCC(F)F)c1. The summed E-state index contributed by atoms with van der Waals surface area (Å²) in [6.07, 6.45) is -2.50. The van der Waals surface area contributed by atoms with Crippen LogP contribution in [0.1, 0.15) is 12.0 Å². The number of hydrogen-bond donors (Lipinski definition) is 2. The van der Waals surface area contributed by atoms with Crippen LogP contribution in [0.25, 0.3) is 0 Å². The molecule has 0 aliphatic heterocycles. The number of nitrogens with one attached hydrogen (secondary N) is 1. The van der Waals surface area contributed by atoms with E-state index in [4.69, 9.17) is 5.73 Å². The molecule has 0 fully saturated rings. The summed E-state index contributed by atoms with van der Waals surface area (Å²) < 4.78 is 28.2. The first-order chi connectivity index (χ1) is 9.61. The molecule has 0 spiro atoms. The molecule has 0 heterocycles. The van der Waals surface area contributed by atoms with Gasteiger partial charge in [-0.25, -0.2) is 8.78 Å². The van der Waals surface area contributed by atoms with Gasteiger partial charge in [-0.2, -0.15) is 0 Å². The Morgan fingerprint density at radius 2 is 2.25 bits per heavy atom. The van der Waals surface area contributed by atoms with E-state index >= 15 is 0 Å². The van der Waals surface area contributed by atoms with Crippen molar-refractivity contribution in [2.24, 2.45) is 5.73 Å². The smallest absolute Gasteiger partial charge is 0.261 e. The summed E-state index contributed by atoms with van der Waals surface area (Å²) in [6, 6.07) is 6.97. The summed E-state index contributed by atoms with van der Waals surface area (Å²) in [5.41, 5.74) is 6.60. The highest BCUT2D eigenvalue weighted by atomic mass is 19.3. The van der Waals surface area contributed by atoms with Crippen molar-refractivity contribution in [2.75, 3.05) is 25.1 Å². The third-order valence-corrected chi connectivity index (χ3v) is 2.20. The van der Waals surface area contributed by atoms with Gasteiger partial charge in [-0.05, 0) is 18.2 Å². The summed E-state index contributed by atoms with van der Waals surface area (Å²) >= 11 is 0. The average molecular weight is 282 g/mol. The van der Waals surface area contributed by atoms with Crippen LogP contribution in [0, 0.1) is 11.8 Å². The lowest BCUT2D eigenvalue weighted by Crippen LogP contribution is -2.15. The summed E-state index contributed by atoms with van der Waals surface area (Å²) in [6.45, 7) is -0.432. The van der Waals surface area contributed by atoms with E-state index in [0.717, 1.165) is 5.56 Å². The van der Waals surface area contributed by atoms with Crippen molar-refractivity contribution in [2.45, 2.75) is 12.8 Å². The lowest BCUT2D eigenvalue weighted by atomic mass is 10.2. The maximum atomic E-state index is 11.8. The molecule has 1 amide bonds. The summed E-state index contributed by atoms with van der Waals surface area (Å²) in [5.74, 6) is 5.26. The number of ether oxygens (including phenoxy) is 1. The molecule has 108 valence electrons. The van der Waals surface area contributed by atoms with Gasteiger partial charge in [0.2, 0.25) is 5.91 Å². The third-order valence-electron chi connectivity index (χ3n) is 2.20. The first-order valence-corrected chi connectivity index (χ1v) is 6.06. The van der Waals surface area contributed by atoms with Crippen LogP contribution >= 0.6 is 0 Å². The highest BCUT2D eigenvalue weighted by Crippen LogP contribution is 2.10. The fourth-order valence-electron chi connectivity index (χ4n) is 1.39. The summed E-state index contributed by atoms with van der Waals surface area (Å²) in [5, 5.41) is 2.64. The molecule has 0 aliphatic rings. The Morgan fingerprint density at radius 1 is 1.45 bits per heavy atom. The van der Waals surface area contributed by atoms with Crippen LogP contribution < -0.4 is 11.1 Å². The minimum absolute atomic E-state index is 0.0193. The minimum atomic E-state index is -2.52. The second kappa shape index (κ2) is 9.02. The van der Waals surface area contributed by atoms with Gasteiger partial charge in [0.25, 0.3) is 6.43 Å². The van der Waals surface area contributed by atoms with Crippen molar-refractivity contribution in [1.29, 1.82) is 0 Å². The zero-order valence-electron chi connectivity index (χ0n) is 10.9. The first-order valence-electron chi connectivity index (χ1n) is 6.06. The van der Waals surface area contributed by atoms with Crippen LogP contribution in [-0.4, -0.2) is 32.1 Å². The summed E-state index contributed by atoms with van der Waals surface area (Å²) in [7, 11) is 0. The Kier molecular flexibility index (Phi) is 7.25. The maximum Gasteiger partial charge on any atom is 0.261 e. The fraction of sp³-hybridized carbons (Fsp3) is 0.357. The molecule has 0 atom stereocenters. The molecule has 0 radical (unpaired) electrons. The van der Waals surface area contributed by atoms with Crippen molar-refractivity contribution in [3.8, 4) is 11.8 Å². The molecule has 1 aromatic rings. The van der Waals surface area contributed by atoms with Crippen LogP contribution in [0.5, 0.6) is 0 Å². The molecule has 0 saturated carbocycles. The largest absolute Gasteiger partial charge is 0.375 e. The van der Waals surface area contributed by atoms with E-state index in [9.17, 15) is 13.6 Å². The Morgan fingerprint density at radius 3 is 2.95 bits per heavy atom. The van der Waals surface area contributed by atoms with Crippen LogP contribution in [-0.2, 0) is 9.53 Å². The van der Waals surface area contributed by atoms with Gasteiger partial charge < -0.3 is 15.8 Å². The molecular weight excluding hydrogens is 266 g/mol. The Hall–Kier alpha value is -1.97. The van der Waals surface area contributed by atoms with Gasteiger partial charge in [0.05, 0.1) is 19.6 Å². The van der Waals surface area contributed by atoms with E-state index in [0.29, 0.717) is 5.69 Å². The van der Waals surface area contributed by atoms with Gasteiger partial charge in [-0.15, -0.1) is 0 Å². The number of halogens is 2. The predicted octanol–water partition coefficient (Wildman–Crippen LogP) is 1.61. The molecule has 3 N–H and O–H groups in total. The van der Waals surface area contributed by atoms with E-state index < -0.39 is 13.0 Å². The van der Waals surface area contributed by atoms with E-state index in [1.165, 1.54) is 0 Å². The van der Waals surface area contributed by atoms with Gasteiger partial charge in [-0.1, -0.05) is 17.9 Å². The van der Waals surface area contributed by atoms with Crippen molar-refractivity contribution >= 4 is 11.6 Å². The Bertz CT molecular complexity index is 495. The maximum absolute atomic E-state index is 11.8. The number of nitrogens with two attached hydrogens (primary N) is 1. The van der Waals surface area contributed by atoms with Crippen molar-refractivity contribution in [3.63, 3.8) is 0 Å². The van der Waals surface area contributed by atoms with Gasteiger partial charge in [0, 0.05) is 11.3 Å². The van der Waals surface area contributed by atoms with Crippen molar-refractivity contribution in [3.05, 3.63) is 29.8 Å². The molecule has 0 aromatic heterocycles. The zero-order valence-corrected chi connectivity index (χ0v) is 10.9. The molecule has 20 heavy (non-hydrogen) atoms. The molecule has 0 bridgehead atoms. The average Bonchev–Trinajstić information content (AvgIpc) is 2.41. The number of alkyl halides is 2.